The standard InChI is InChI=1S/C11H19NO3/c1-7-8(9(13)14)5-6-12(7)10(15)11(2,3)4/h7-8H,5-6H2,1-4H3,(H,13,14). The summed E-state index contributed by atoms with van der Waals surface area (Å²) >= 11 is 0. The van der Waals surface area contributed by atoms with Gasteiger partial charge in [-0.05, 0) is 13.3 Å². The van der Waals surface area contributed by atoms with Crippen molar-refractivity contribution >= 4 is 11.9 Å². The van der Waals surface area contributed by atoms with Crippen molar-refractivity contribution in [2.45, 2.75) is 40.2 Å². The normalized spacial score (nSPS) is 26.8. The van der Waals surface area contributed by atoms with Crippen LogP contribution in [0.25, 0.3) is 0 Å². The molecule has 1 amide bonds. The van der Waals surface area contributed by atoms with Crippen molar-refractivity contribution in [1.29, 1.82) is 0 Å². The van der Waals surface area contributed by atoms with Gasteiger partial charge in [0, 0.05) is 18.0 Å². The highest BCUT2D eigenvalue weighted by molar-refractivity contribution is 5.83. The molecule has 1 fully saturated rings. The van der Waals surface area contributed by atoms with Crippen molar-refractivity contribution in [3.63, 3.8) is 0 Å². The van der Waals surface area contributed by atoms with E-state index in [2.05, 4.69) is 0 Å². The van der Waals surface area contributed by atoms with Crippen LogP contribution in [0.3, 0.4) is 0 Å². The van der Waals surface area contributed by atoms with Gasteiger partial charge in [-0.2, -0.15) is 0 Å². The first-order valence-corrected chi connectivity index (χ1v) is 5.29. The van der Waals surface area contributed by atoms with Crippen molar-refractivity contribution < 1.29 is 14.7 Å². The summed E-state index contributed by atoms with van der Waals surface area (Å²) in [5.41, 5.74) is -0.429. The molecule has 0 aromatic heterocycles. The first-order valence-electron chi connectivity index (χ1n) is 5.29. The van der Waals surface area contributed by atoms with E-state index in [9.17, 15) is 9.59 Å². The number of hydrogen-bond acceptors (Lipinski definition) is 2. The Morgan fingerprint density at radius 1 is 1.33 bits per heavy atom. The summed E-state index contributed by atoms with van der Waals surface area (Å²) in [6.45, 7) is 7.95. The second kappa shape index (κ2) is 3.83. The fraction of sp³-hybridized carbons (Fsp3) is 0.818. The summed E-state index contributed by atoms with van der Waals surface area (Å²) in [6, 6.07) is -0.186. The lowest BCUT2D eigenvalue weighted by atomic mass is 9.94. The topological polar surface area (TPSA) is 57.6 Å². The first-order chi connectivity index (χ1) is 6.75. The van der Waals surface area contributed by atoms with Gasteiger partial charge in [-0.15, -0.1) is 0 Å². The molecule has 1 aliphatic rings. The van der Waals surface area contributed by atoms with E-state index in [1.165, 1.54) is 0 Å². The lowest BCUT2D eigenvalue weighted by Crippen LogP contribution is -2.43. The third kappa shape index (κ3) is 2.30. The van der Waals surface area contributed by atoms with Gasteiger partial charge in [0.25, 0.3) is 0 Å². The van der Waals surface area contributed by atoms with Crippen LogP contribution in [0, 0.1) is 11.3 Å². The van der Waals surface area contributed by atoms with Crippen LogP contribution in [-0.2, 0) is 9.59 Å². The van der Waals surface area contributed by atoms with E-state index in [1.54, 1.807) is 4.90 Å². The predicted octanol–water partition coefficient (Wildman–Crippen LogP) is 1.35. The summed E-state index contributed by atoms with van der Waals surface area (Å²) in [6.07, 6.45) is 0.568. The molecule has 0 radical (unpaired) electrons. The summed E-state index contributed by atoms with van der Waals surface area (Å²) in [4.78, 5) is 24.6. The van der Waals surface area contributed by atoms with Crippen LogP contribution in [0.15, 0.2) is 0 Å². The molecule has 1 heterocycles. The van der Waals surface area contributed by atoms with E-state index in [0.29, 0.717) is 13.0 Å². The molecule has 0 saturated carbocycles. The third-order valence-corrected chi connectivity index (χ3v) is 2.97. The second-order valence-corrected chi connectivity index (χ2v) is 5.22. The van der Waals surface area contributed by atoms with Crippen LogP contribution in [0.5, 0.6) is 0 Å². The number of carbonyl (C=O) groups is 2. The average Bonchev–Trinajstić information content (AvgIpc) is 2.44. The molecule has 4 heteroatoms. The summed E-state index contributed by atoms with van der Waals surface area (Å²) in [5, 5.41) is 8.95. The average molecular weight is 213 g/mol. The van der Waals surface area contributed by atoms with Crippen molar-refractivity contribution in [2.24, 2.45) is 11.3 Å². The van der Waals surface area contributed by atoms with Gasteiger partial charge in [-0.1, -0.05) is 20.8 Å². The lowest BCUT2D eigenvalue weighted by molar-refractivity contribution is -0.144. The molecule has 1 N–H and O–H groups in total. The zero-order chi connectivity index (χ0) is 11.8. The van der Waals surface area contributed by atoms with E-state index in [-0.39, 0.29) is 11.9 Å². The number of carbonyl (C=O) groups excluding carboxylic acids is 1. The zero-order valence-corrected chi connectivity index (χ0v) is 9.78. The third-order valence-electron chi connectivity index (χ3n) is 2.97. The van der Waals surface area contributed by atoms with Crippen molar-refractivity contribution in [3.05, 3.63) is 0 Å². The minimum atomic E-state index is -0.799. The number of hydrogen-bond donors (Lipinski definition) is 1. The lowest BCUT2D eigenvalue weighted by Gasteiger charge is -2.30. The van der Waals surface area contributed by atoms with Crippen LogP contribution < -0.4 is 0 Å². The van der Waals surface area contributed by atoms with Gasteiger partial charge in [-0.3, -0.25) is 9.59 Å². The Hall–Kier alpha value is -1.06. The van der Waals surface area contributed by atoms with Gasteiger partial charge >= 0.3 is 5.97 Å². The Bertz CT molecular complexity index is 280. The molecule has 1 saturated heterocycles. The molecule has 0 bridgehead atoms. The molecule has 0 aliphatic carbocycles. The first kappa shape index (κ1) is 12.0. The molecular formula is C11H19NO3. The van der Waals surface area contributed by atoms with E-state index in [1.807, 2.05) is 27.7 Å². The number of carboxylic acid groups (broad SMARTS) is 1. The molecule has 4 nitrogen and oxygen atoms in total. The Kier molecular flexibility index (Phi) is 3.07. The van der Waals surface area contributed by atoms with E-state index >= 15 is 0 Å². The number of amides is 1. The van der Waals surface area contributed by atoms with Gasteiger partial charge in [0.1, 0.15) is 0 Å². The van der Waals surface area contributed by atoms with Crippen molar-refractivity contribution in [3.8, 4) is 0 Å². The zero-order valence-electron chi connectivity index (χ0n) is 9.78. The van der Waals surface area contributed by atoms with E-state index in [4.69, 9.17) is 5.11 Å². The van der Waals surface area contributed by atoms with Crippen molar-refractivity contribution in [2.75, 3.05) is 6.54 Å². The van der Waals surface area contributed by atoms with Crippen LogP contribution >= 0.6 is 0 Å². The highest BCUT2D eigenvalue weighted by atomic mass is 16.4. The van der Waals surface area contributed by atoms with Crippen molar-refractivity contribution in [1.82, 2.24) is 4.90 Å². The molecule has 15 heavy (non-hydrogen) atoms. The number of nitrogens with zero attached hydrogens (tertiary/aromatic N) is 1. The Morgan fingerprint density at radius 3 is 2.20 bits per heavy atom. The Labute approximate surface area is 90.3 Å². The maximum absolute atomic E-state index is 12.0. The molecule has 1 aliphatic heterocycles. The quantitative estimate of drug-likeness (QED) is 0.715. The van der Waals surface area contributed by atoms with Gasteiger partial charge < -0.3 is 10.0 Å². The van der Waals surface area contributed by atoms with E-state index < -0.39 is 17.3 Å². The second-order valence-electron chi connectivity index (χ2n) is 5.22. The highest BCUT2D eigenvalue weighted by Crippen LogP contribution is 2.29. The van der Waals surface area contributed by atoms with E-state index in [0.717, 1.165) is 0 Å². The monoisotopic (exact) mass is 213 g/mol. The van der Waals surface area contributed by atoms with Crippen LogP contribution in [-0.4, -0.2) is 34.5 Å². The molecule has 2 unspecified atom stereocenters. The fourth-order valence-corrected chi connectivity index (χ4v) is 1.99. The smallest absolute Gasteiger partial charge is 0.308 e. The maximum atomic E-state index is 12.0. The summed E-state index contributed by atoms with van der Waals surface area (Å²) < 4.78 is 0. The van der Waals surface area contributed by atoms with Crippen LogP contribution in [0.2, 0.25) is 0 Å². The predicted molar refractivity (Wildman–Crippen MR) is 56.4 cm³/mol. The fourth-order valence-electron chi connectivity index (χ4n) is 1.99. The van der Waals surface area contributed by atoms with Gasteiger partial charge in [0.05, 0.1) is 5.92 Å². The molecular weight excluding hydrogens is 194 g/mol. The molecule has 0 aromatic rings. The van der Waals surface area contributed by atoms with Gasteiger partial charge in [0.15, 0.2) is 0 Å². The highest BCUT2D eigenvalue weighted by Gasteiger charge is 2.40. The maximum Gasteiger partial charge on any atom is 0.308 e. The van der Waals surface area contributed by atoms with Gasteiger partial charge in [0.2, 0.25) is 5.91 Å². The number of likely N-dealkylation sites (tertiary alicyclic amines) is 1. The van der Waals surface area contributed by atoms with Crippen LogP contribution in [0.4, 0.5) is 0 Å². The summed E-state index contributed by atoms with van der Waals surface area (Å²) in [5.74, 6) is -1.17. The SMILES string of the molecule is CC1C(C(=O)O)CCN1C(=O)C(C)(C)C. The van der Waals surface area contributed by atoms with Crippen LogP contribution in [0.1, 0.15) is 34.1 Å². The minimum Gasteiger partial charge on any atom is -0.481 e. The Balaban J connectivity index is 2.76. The number of rotatable bonds is 1. The summed E-state index contributed by atoms with van der Waals surface area (Å²) in [7, 11) is 0. The molecule has 2 atom stereocenters. The largest absolute Gasteiger partial charge is 0.481 e. The molecule has 1 rings (SSSR count). The molecule has 0 spiro atoms. The number of aliphatic carboxylic acids is 1. The number of carboxylic acids is 1. The minimum absolute atomic E-state index is 0.0405. The van der Waals surface area contributed by atoms with Gasteiger partial charge in [-0.25, -0.2) is 0 Å². The molecule has 0 aromatic carbocycles. The Morgan fingerprint density at radius 2 is 1.87 bits per heavy atom. The molecule has 86 valence electrons.